The van der Waals surface area contributed by atoms with Crippen LogP contribution in [0.25, 0.3) is 5.52 Å². The smallest absolute Gasteiger partial charge is 0.124 e. The summed E-state index contributed by atoms with van der Waals surface area (Å²) in [6.07, 6.45) is 7.05. The lowest BCUT2D eigenvalue weighted by Gasteiger charge is -2.15. The van der Waals surface area contributed by atoms with Crippen molar-refractivity contribution in [2.75, 3.05) is 6.61 Å². The minimum atomic E-state index is -0.292. The first kappa shape index (κ1) is 12.6. The molecule has 0 bridgehead atoms. The second kappa shape index (κ2) is 5.30. The van der Waals surface area contributed by atoms with Gasteiger partial charge in [-0.05, 0) is 13.0 Å². The minimum absolute atomic E-state index is 0.292. The van der Waals surface area contributed by atoms with E-state index >= 15 is 0 Å². The highest BCUT2D eigenvalue weighted by molar-refractivity contribution is 5.56. The zero-order valence-electron chi connectivity index (χ0n) is 11.2. The summed E-state index contributed by atoms with van der Waals surface area (Å²) < 4.78 is 7.41. The van der Waals surface area contributed by atoms with Crippen LogP contribution in [0.1, 0.15) is 24.1 Å². The van der Waals surface area contributed by atoms with E-state index in [1.165, 1.54) is 0 Å². The topological polar surface area (TPSA) is 65.4 Å². The van der Waals surface area contributed by atoms with E-state index < -0.39 is 0 Å². The first-order valence-electron chi connectivity index (χ1n) is 6.56. The summed E-state index contributed by atoms with van der Waals surface area (Å²) in [5.41, 5.74) is 9.19. The lowest BCUT2D eigenvalue weighted by atomic mass is 10.0. The Balaban J connectivity index is 2.06. The molecule has 102 valence electrons. The molecule has 0 aliphatic heterocycles. The van der Waals surface area contributed by atoms with Gasteiger partial charge in [-0.15, -0.1) is 0 Å². The third kappa shape index (κ3) is 2.12. The molecule has 0 saturated carbocycles. The molecule has 0 aliphatic carbocycles. The van der Waals surface area contributed by atoms with Gasteiger partial charge < -0.3 is 10.5 Å². The number of para-hydroxylation sites is 1. The van der Waals surface area contributed by atoms with E-state index in [9.17, 15) is 0 Å². The summed E-state index contributed by atoms with van der Waals surface area (Å²) >= 11 is 0. The lowest BCUT2D eigenvalue weighted by Crippen LogP contribution is -2.13. The van der Waals surface area contributed by atoms with Gasteiger partial charge in [0.15, 0.2) is 0 Å². The summed E-state index contributed by atoms with van der Waals surface area (Å²) in [5, 5.41) is 4.30. The Morgan fingerprint density at radius 1 is 1.25 bits per heavy atom. The van der Waals surface area contributed by atoms with Gasteiger partial charge in [-0.1, -0.05) is 18.2 Å². The van der Waals surface area contributed by atoms with Gasteiger partial charge in [0.25, 0.3) is 0 Å². The van der Waals surface area contributed by atoms with Gasteiger partial charge in [0, 0.05) is 23.5 Å². The Labute approximate surface area is 117 Å². The maximum absolute atomic E-state index is 6.40. The summed E-state index contributed by atoms with van der Waals surface area (Å²) in [7, 11) is 0. The average Bonchev–Trinajstić information content (AvgIpc) is 2.91. The van der Waals surface area contributed by atoms with E-state index in [0.717, 1.165) is 22.4 Å². The fourth-order valence-electron chi connectivity index (χ4n) is 2.28. The molecule has 0 aliphatic rings. The fraction of sp³-hybridized carbons (Fsp3) is 0.200. The van der Waals surface area contributed by atoms with Gasteiger partial charge in [-0.25, -0.2) is 4.52 Å². The van der Waals surface area contributed by atoms with Crippen LogP contribution in [-0.2, 0) is 0 Å². The number of nitrogens with two attached hydrogens (primary N) is 1. The first-order valence-corrected chi connectivity index (χ1v) is 6.56. The Kier molecular flexibility index (Phi) is 3.35. The summed E-state index contributed by atoms with van der Waals surface area (Å²) in [5.74, 6) is 0.811. The molecule has 3 rings (SSSR count). The molecule has 0 spiro atoms. The Morgan fingerprint density at radius 2 is 2.10 bits per heavy atom. The number of rotatable bonds is 4. The molecule has 1 unspecified atom stereocenters. The van der Waals surface area contributed by atoms with Crippen molar-refractivity contribution in [3.63, 3.8) is 0 Å². The number of fused-ring (bicyclic) bond motifs is 1. The van der Waals surface area contributed by atoms with Crippen LogP contribution in [0.5, 0.6) is 5.75 Å². The van der Waals surface area contributed by atoms with Crippen molar-refractivity contribution in [2.24, 2.45) is 5.73 Å². The third-order valence-electron chi connectivity index (χ3n) is 3.24. The standard InChI is InChI=1S/C15H16N4O/c1-2-20-14-6-4-3-5-11(14)15(16)12-9-18-19-8-7-17-10-13(12)19/h3-10,15H,2,16H2,1H3. The summed E-state index contributed by atoms with van der Waals surface area (Å²) in [6.45, 7) is 2.57. The highest BCUT2D eigenvalue weighted by Crippen LogP contribution is 2.30. The molecular weight excluding hydrogens is 252 g/mol. The summed E-state index contributed by atoms with van der Waals surface area (Å²) in [6, 6.07) is 7.53. The number of hydrogen-bond donors (Lipinski definition) is 1. The third-order valence-corrected chi connectivity index (χ3v) is 3.24. The maximum atomic E-state index is 6.40. The second-order valence-electron chi connectivity index (χ2n) is 4.45. The van der Waals surface area contributed by atoms with Crippen LogP contribution in [0.3, 0.4) is 0 Å². The Morgan fingerprint density at radius 3 is 2.95 bits per heavy atom. The average molecular weight is 268 g/mol. The van der Waals surface area contributed by atoms with Crippen molar-refractivity contribution >= 4 is 5.52 Å². The Hall–Kier alpha value is -2.40. The molecule has 5 heteroatoms. The van der Waals surface area contributed by atoms with Gasteiger partial charge in [0.2, 0.25) is 0 Å². The highest BCUT2D eigenvalue weighted by Gasteiger charge is 2.17. The zero-order chi connectivity index (χ0) is 13.9. The molecule has 0 amide bonds. The highest BCUT2D eigenvalue weighted by atomic mass is 16.5. The SMILES string of the molecule is CCOc1ccccc1C(N)c1cnn2ccncc12. The summed E-state index contributed by atoms with van der Waals surface area (Å²) in [4.78, 5) is 4.13. The number of ether oxygens (including phenoxy) is 1. The molecule has 0 saturated heterocycles. The van der Waals surface area contributed by atoms with Crippen molar-refractivity contribution < 1.29 is 4.74 Å². The van der Waals surface area contributed by atoms with E-state index in [-0.39, 0.29) is 6.04 Å². The van der Waals surface area contributed by atoms with Crippen LogP contribution in [0.2, 0.25) is 0 Å². The molecule has 0 radical (unpaired) electrons. The number of nitrogens with zero attached hydrogens (tertiary/aromatic N) is 3. The van der Waals surface area contributed by atoms with Crippen molar-refractivity contribution in [3.8, 4) is 5.75 Å². The molecule has 5 nitrogen and oxygen atoms in total. The zero-order valence-corrected chi connectivity index (χ0v) is 11.2. The van der Waals surface area contributed by atoms with Gasteiger partial charge >= 0.3 is 0 Å². The normalized spacial score (nSPS) is 12.5. The van der Waals surface area contributed by atoms with Crippen LogP contribution in [-0.4, -0.2) is 21.2 Å². The number of hydrogen-bond acceptors (Lipinski definition) is 4. The van der Waals surface area contributed by atoms with Crippen LogP contribution in [0.15, 0.2) is 49.1 Å². The monoisotopic (exact) mass is 268 g/mol. The molecule has 2 aromatic heterocycles. The van der Waals surface area contributed by atoms with Crippen molar-refractivity contribution in [1.29, 1.82) is 0 Å². The van der Waals surface area contributed by atoms with Gasteiger partial charge in [0.1, 0.15) is 5.75 Å². The van der Waals surface area contributed by atoms with Crippen LogP contribution in [0.4, 0.5) is 0 Å². The largest absolute Gasteiger partial charge is 0.494 e. The van der Waals surface area contributed by atoms with E-state index in [0.29, 0.717) is 6.61 Å². The molecule has 3 aromatic rings. The van der Waals surface area contributed by atoms with E-state index in [1.54, 1.807) is 29.3 Å². The Bertz CT molecular complexity index is 722. The molecule has 0 fully saturated rings. The first-order chi connectivity index (χ1) is 9.81. The predicted molar refractivity (Wildman–Crippen MR) is 76.6 cm³/mol. The van der Waals surface area contributed by atoms with E-state index in [4.69, 9.17) is 10.5 Å². The van der Waals surface area contributed by atoms with Gasteiger partial charge in [-0.3, -0.25) is 4.98 Å². The molecule has 2 N–H and O–H groups in total. The van der Waals surface area contributed by atoms with Gasteiger partial charge in [0.05, 0.1) is 30.6 Å². The van der Waals surface area contributed by atoms with Crippen LogP contribution in [0, 0.1) is 0 Å². The van der Waals surface area contributed by atoms with Crippen molar-refractivity contribution in [2.45, 2.75) is 13.0 Å². The number of aromatic nitrogens is 3. The quantitative estimate of drug-likeness (QED) is 0.787. The molecule has 2 heterocycles. The fourth-order valence-corrected chi connectivity index (χ4v) is 2.28. The van der Waals surface area contributed by atoms with E-state index in [1.807, 2.05) is 31.2 Å². The van der Waals surface area contributed by atoms with Gasteiger partial charge in [-0.2, -0.15) is 5.10 Å². The second-order valence-corrected chi connectivity index (χ2v) is 4.45. The molecule has 1 atom stereocenters. The molecule has 20 heavy (non-hydrogen) atoms. The van der Waals surface area contributed by atoms with Crippen molar-refractivity contribution in [1.82, 2.24) is 14.6 Å². The molecular formula is C15H16N4O. The van der Waals surface area contributed by atoms with Crippen molar-refractivity contribution in [3.05, 3.63) is 60.2 Å². The minimum Gasteiger partial charge on any atom is -0.494 e. The van der Waals surface area contributed by atoms with Crippen LogP contribution < -0.4 is 10.5 Å². The molecule has 1 aromatic carbocycles. The lowest BCUT2D eigenvalue weighted by molar-refractivity contribution is 0.335. The predicted octanol–water partition coefficient (Wildman–Crippen LogP) is 2.18. The maximum Gasteiger partial charge on any atom is 0.124 e. The van der Waals surface area contributed by atoms with Crippen LogP contribution >= 0.6 is 0 Å². The number of benzene rings is 1. The van der Waals surface area contributed by atoms with E-state index in [2.05, 4.69) is 10.1 Å².